The van der Waals surface area contributed by atoms with E-state index in [4.69, 9.17) is 9.47 Å². The highest BCUT2D eigenvalue weighted by molar-refractivity contribution is 5.87. The van der Waals surface area contributed by atoms with E-state index in [0.717, 1.165) is 172 Å². The molecule has 10 aliphatic heterocycles. The molecule has 0 radical (unpaired) electrons. The fourth-order valence-electron chi connectivity index (χ4n) is 29.3. The molecule has 18 rings (SSSR count). The van der Waals surface area contributed by atoms with Gasteiger partial charge in [0.2, 0.25) is 35.4 Å². The average Bonchev–Trinajstić information content (AvgIpc) is 1.36. The lowest BCUT2D eigenvalue weighted by Crippen LogP contribution is -2.58. The first-order valence-corrected chi connectivity index (χ1v) is 58.3. The maximum absolute atomic E-state index is 14.9. The summed E-state index contributed by atoms with van der Waals surface area (Å²) >= 11 is 0. The van der Waals surface area contributed by atoms with Gasteiger partial charge in [0.05, 0.1) is 33.7 Å². The van der Waals surface area contributed by atoms with E-state index in [1.807, 2.05) is 69.5 Å². The number of halogens is 6. The number of hydrogen-bond acceptors (Lipinski definition) is 14. The number of likely N-dealkylation sites (tertiary alicyclic amines) is 8. The molecule has 832 valence electrons. The Morgan fingerprint density at radius 2 is 0.640 bits per heavy atom. The molecule has 4 aromatic carbocycles. The van der Waals surface area contributed by atoms with E-state index in [1.54, 1.807) is 0 Å². The molecule has 150 heavy (non-hydrogen) atoms. The van der Waals surface area contributed by atoms with E-state index >= 15 is 0 Å². The fraction of sp³-hybridized carbons (Fsp3) is 0.738. The van der Waals surface area contributed by atoms with Crippen LogP contribution in [-0.2, 0) is 38.2 Å². The van der Waals surface area contributed by atoms with Crippen LogP contribution in [0.5, 0.6) is 0 Å². The number of piperidine rings is 6. The van der Waals surface area contributed by atoms with Gasteiger partial charge < -0.3 is 49.5 Å². The normalized spacial score (nSPS) is 26.9. The van der Waals surface area contributed by atoms with Gasteiger partial charge >= 0.3 is 12.2 Å². The van der Waals surface area contributed by atoms with Crippen molar-refractivity contribution >= 4 is 47.6 Å². The van der Waals surface area contributed by atoms with Crippen LogP contribution in [-0.4, -0.2) is 275 Å². The van der Waals surface area contributed by atoms with E-state index in [9.17, 15) is 64.7 Å². The predicted molar refractivity (Wildman–Crippen MR) is 577 cm³/mol. The summed E-state index contributed by atoms with van der Waals surface area (Å²) in [5.74, 6) is -1.40. The Morgan fingerprint density at radius 1 is 0.353 bits per heavy atom. The fourth-order valence-corrected chi connectivity index (χ4v) is 29.3. The molecule has 10 saturated heterocycles. The first-order chi connectivity index (χ1) is 71.3. The average molecular weight is 2090 g/mol. The number of rotatable bonds is 22. The van der Waals surface area contributed by atoms with Gasteiger partial charge in [0.15, 0.2) is 0 Å². The van der Waals surface area contributed by atoms with Crippen molar-refractivity contribution in [1.82, 2.24) is 59.6 Å². The van der Waals surface area contributed by atoms with E-state index < -0.39 is 28.7 Å². The van der Waals surface area contributed by atoms with Gasteiger partial charge in [0.25, 0.3) is 0 Å². The molecule has 8 amide bonds. The second-order valence-corrected chi connectivity index (χ2v) is 51.7. The first kappa shape index (κ1) is 116. The number of cyclic esters (lactones) is 2. The molecule has 2 N–H and O–H groups in total. The molecule has 28 heteroatoms. The van der Waals surface area contributed by atoms with Gasteiger partial charge in [-0.15, -0.1) is 0 Å². The van der Waals surface area contributed by atoms with Crippen LogP contribution in [0.15, 0.2) is 84.9 Å². The first-order valence-electron chi connectivity index (χ1n) is 58.3. The standard InChI is InChI=1S/C31H45F2N3O3.C31H46FN3O3.C30H45F2N3O2.C30H46FN3O2/c1-21(2)35-17-25(24-11-10-23(32)16-27(24)33)26(18-35)28(37)34-14-12-31(13-15-34,22-8-6-5-7-9-22)19-36-29(38)39-20-30(36,3)4;1-4-33-17-14-26(27(20-33)23-10-12-25(32)13-11-23)28(36)34-18-15-31(16-19-34,24-8-6-5-7-9-24)21-35-29(37)38-22-30(35,2)3;1-20(2)35-18-24(23-12-11-22(31)17-26(23)32)25(19-35)27(36)34-15-13-30(14-16-34,21-9-7-6-8-10-21)28(37)33-29(3,4)5;1-5-33-18-15-25(26(21-33)22-11-13-24(31)14-12-22)27(35)34-19-16-30(17-20-34,23-9-7-6-8-10-23)28(36)32-29(2,3)4/h10-11,16,21-22,25-26H,5-9,12-15,17-20H2,1-4H3;10-13,24,26-27H,4-9,14-22H2,1-3H3;11-12,17,20-21,24-25H,6-10,13-16,18-19H2,1-5H3,(H,33,37);11-14,23,25-26H,5-10,15-21H2,1-4H3,(H,32,36)/t25-,26?;26?,27-;24-,25?;25?,26-/m0000/s1. The lowest BCUT2D eigenvalue weighted by atomic mass is 9.63. The Balaban J connectivity index is 0.000000149. The van der Waals surface area contributed by atoms with Crippen LogP contribution < -0.4 is 10.6 Å². The van der Waals surface area contributed by atoms with Gasteiger partial charge in [-0.25, -0.2) is 35.9 Å². The number of likely N-dealkylation sites (N-methyl/N-ethyl adjacent to an activating group) is 2. The zero-order chi connectivity index (χ0) is 108. The van der Waals surface area contributed by atoms with Crippen LogP contribution in [0.1, 0.15) is 349 Å². The van der Waals surface area contributed by atoms with E-state index in [0.29, 0.717) is 133 Å². The topological polar surface area (TPSA) is 211 Å². The lowest BCUT2D eigenvalue weighted by molar-refractivity contribution is -0.149. The van der Waals surface area contributed by atoms with Gasteiger partial charge in [-0.05, 0) is 332 Å². The van der Waals surface area contributed by atoms with Crippen LogP contribution in [0.4, 0.5) is 35.9 Å². The van der Waals surface area contributed by atoms with Gasteiger partial charge in [-0.1, -0.05) is 127 Å². The van der Waals surface area contributed by atoms with E-state index in [2.05, 4.69) is 125 Å². The molecule has 0 bridgehead atoms. The molecule has 14 aliphatic rings. The summed E-state index contributed by atoms with van der Waals surface area (Å²) in [6.07, 6.45) is 31.6. The summed E-state index contributed by atoms with van der Waals surface area (Å²) in [6, 6.07) is 21.4. The number of carbonyl (C=O) groups excluding carboxylic acids is 8. The maximum Gasteiger partial charge on any atom is 0.410 e. The van der Waals surface area contributed by atoms with Crippen molar-refractivity contribution in [2.45, 2.75) is 361 Å². The monoisotopic (exact) mass is 2090 g/mol. The molecule has 4 saturated carbocycles. The van der Waals surface area contributed by atoms with Crippen LogP contribution in [0.2, 0.25) is 0 Å². The maximum atomic E-state index is 14.9. The van der Waals surface area contributed by atoms with E-state index in [-0.39, 0.29) is 157 Å². The van der Waals surface area contributed by atoms with Crippen molar-refractivity contribution in [2.24, 2.45) is 69.0 Å². The van der Waals surface area contributed by atoms with Crippen molar-refractivity contribution in [1.29, 1.82) is 0 Å². The molecule has 8 atom stereocenters. The SMILES string of the molecule is CC(C)N1CC(C(=O)N2CCC(C(=O)NC(C)(C)C)(C3CCCCC3)CC2)[C@H](c2ccc(F)cc2F)C1.CC(C)N1CC(C(=O)N2CCC(CN3C(=O)OCC3(C)C)(C3CCCCC3)CC2)[C@H](c2ccc(F)cc2F)C1.CCN1CCC(C(=O)N2CCC(C(=O)NC(C)(C)C)(C3CCCCC3)CC2)[C@H](c2ccc(F)cc2)C1.CCN1CCC(C(=O)N2CCC(CN3C(=O)OCC3(C)C)(C3CCCCC3)CC2)[C@H](c2ccc(F)cc2)C1. The quantitative estimate of drug-likeness (QED) is 0.0701. The zero-order valence-corrected chi connectivity index (χ0v) is 93.8. The third kappa shape index (κ3) is 26.9. The molecular weight excluding hydrogens is 1910 g/mol. The molecule has 10 heterocycles. The summed E-state index contributed by atoms with van der Waals surface area (Å²) in [5.41, 5.74) is 0.978. The van der Waals surface area contributed by atoms with Crippen molar-refractivity contribution in [3.8, 4) is 0 Å². The third-order valence-corrected chi connectivity index (χ3v) is 38.7. The molecule has 14 fully saturated rings. The van der Waals surface area contributed by atoms with Crippen LogP contribution >= 0.6 is 0 Å². The molecule has 4 aliphatic carbocycles. The van der Waals surface area contributed by atoms with Crippen LogP contribution in [0.25, 0.3) is 0 Å². The molecule has 4 aromatic rings. The minimum atomic E-state index is -0.605. The van der Waals surface area contributed by atoms with Gasteiger partial charge in [-0.2, -0.15) is 0 Å². The molecule has 0 aromatic heterocycles. The number of nitrogens with one attached hydrogen (secondary N) is 2. The Bertz CT molecular complexity index is 5190. The number of nitrogens with zero attached hydrogens (tertiary/aromatic N) is 10. The minimum Gasteiger partial charge on any atom is -0.447 e. The number of hydrogen-bond donors (Lipinski definition) is 2. The lowest BCUT2D eigenvalue weighted by Gasteiger charge is -2.51. The van der Waals surface area contributed by atoms with E-state index in [1.165, 1.54) is 138 Å². The van der Waals surface area contributed by atoms with Gasteiger partial charge in [0, 0.05) is 176 Å². The largest absolute Gasteiger partial charge is 0.447 e. The minimum absolute atomic E-state index is 0.0278. The highest BCUT2D eigenvalue weighted by Crippen LogP contribution is 2.55. The molecule has 4 unspecified atom stereocenters. The van der Waals surface area contributed by atoms with Crippen molar-refractivity contribution in [3.63, 3.8) is 0 Å². The number of ether oxygens (including phenoxy) is 2. The Morgan fingerprint density at radius 3 is 0.913 bits per heavy atom. The van der Waals surface area contributed by atoms with Crippen molar-refractivity contribution in [3.05, 3.63) is 142 Å². The smallest absolute Gasteiger partial charge is 0.410 e. The molecule has 22 nitrogen and oxygen atoms in total. The highest BCUT2D eigenvalue weighted by Gasteiger charge is 2.58. The van der Waals surface area contributed by atoms with Gasteiger partial charge in [-0.3, -0.25) is 48.4 Å². The Hall–Kier alpha value is -8.34. The summed E-state index contributed by atoms with van der Waals surface area (Å²) in [6.45, 7) is 48.4. The summed E-state index contributed by atoms with van der Waals surface area (Å²) in [5, 5.41) is 6.56. The third-order valence-electron chi connectivity index (χ3n) is 38.7. The second kappa shape index (κ2) is 49.4. The number of carbonyl (C=O) groups is 8. The van der Waals surface area contributed by atoms with Crippen molar-refractivity contribution in [2.75, 3.05) is 144 Å². The zero-order valence-electron chi connectivity index (χ0n) is 93.8. The number of amides is 8. The Labute approximate surface area is 893 Å². The van der Waals surface area contributed by atoms with Crippen LogP contribution in [0.3, 0.4) is 0 Å². The molecular formula is C122H182F6N12O10. The molecule has 0 spiro atoms. The Kier molecular flexibility index (Phi) is 38.1. The second-order valence-electron chi connectivity index (χ2n) is 51.7. The summed E-state index contributed by atoms with van der Waals surface area (Å²) in [7, 11) is 0. The summed E-state index contributed by atoms with van der Waals surface area (Å²) < 4.78 is 95.2. The number of benzene rings is 4. The van der Waals surface area contributed by atoms with Crippen LogP contribution in [0, 0.1) is 104 Å². The summed E-state index contributed by atoms with van der Waals surface area (Å²) in [4.78, 5) is 130. The highest BCUT2D eigenvalue weighted by atomic mass is 19.2. The predicted octanol–water partition coefficient (Wildman–Crippen LogP) is 22.3. The van der Waals surface area contributed by atoms with Gasteiger partial charge in [0.1, 0.15) is 48.1 Å². The van der Waals surface area contributed by atoms with Crippen molar-refractivity contribution < 1.29 is 74.2 Å².